The molecule has 1 aliphatic heterocycles. The maximum atomic E-state index is 12.0. The summed E-state index contributed by atoms with van der Waals surface area (Å²) in [5, 5.41) is 4.04. The van der Waals surface area contributed by atoms with E-state index in [0.717, 1.165) is 25.2 Å². The van der Waals surface area contributed by atoms with E-state index in [1.165, 1.54) is 0 Å². The number of aryl methyl sites for hydroxylation is 1. The van der Waals surface area contributed by atoms with Crippen molar-refractivity contribution in [2.45, 2.75) is 23.6 Å². The minimum Gasteiger partial charge on any atom is -0.315 e. The van der Waals surface area contributed by atoms with Crippen LogP contribution in [0.4, 0.5) is 0 Å². The first-order valence-electron chi connectivity index (χ1n) is 4.68. The Bertz CT molecular complexity index is 350. The van der Waals surface area contributed by atoms with Crippen molar-refractivity contribution in [2.24, 2.45) is 0 Å². The molecular weight excluding hydrogens is 198 g/mol. The summed E-state index contributed by atoms with van der Waals surface area (Å²) in [4.78, 5) is 8.23. The molecule has 2 heterocycles. The Balaban J connectivity index is 2.22. The van der Waals surface area contributed by atoms with Crippen LogP contribution in [0.3, 0.4) is 0 Å². The molecule has 1 saturated heterocycles. The topological polar surface area (TPSA) is 54.9 Å². The zero-order chi connectivity index (χ0) is 9.97. The number of hydrogen-bond donors (Lipinski definition) is 1. The molecule has 0 saturated carbocycles. The fourth-order valence-electron chi connectivity index (χ4n) is 1.56. The van der Waals surface area contributed by atoms with Crippen LogP contribution in [-0.4, -0.2) is 32.5 Å². The first kappa shape index (κ1) is 9.73. The molecule has 4 nitrogen and oxygen atoms in total. The average Bonchev–Trinajstić information content (AvgIpc) is 2.70. The maximum absolute atomic E-state index is 12.0. The molecule has 1 aromatic heterocycles. The van der Waals surface area contributed by atoms with Gasteiger partial charge >= 0.3 is 0 Å². The van der Waals surface area contributed by atoms with Crippen LogP contribution >= 0.6 is 0 Å². The van der Waals surface area contributed by atoms with Gasteiger partial charge in [-0.3, -0.25) is 9.19 Å². The van der Waals surface area contributed by atoms with Gasteiger partial charge in [0.2, 0.25) is 0 Å². The van der Waals surface area contributed by atoms with E-state index in [2.05, 4.69) is 15.3 Å². The standard InChI is InChI=1S/C9H13N3OS/c1-7-9(12-5-4-11-7)14(13)8-2-3-10-6-8/h4-5,8,10H,2-3,6H2,1H3/t8-,14?/m0/s1. The third-order valence-electron chi connectivity index (χ3n) is 2.34. The van der Waals surface area contributed by atoms with Gasteiger partial charge in [-0.05, 0) is 19.9 Å². The first-order valence-corrected chi connectivity index (χ1v) is 5.89. The van der Waals surface area contributed by atoms with Crippen LogP contribution in [0.15, 0.2) is 17.4 Å². The lowest BCUT2D eigenvalue weighted by Gasteiger charge is -2.08. The van der Waals surface area contributed by atoms with Gasteiger partial charge < -0.3 is 5.32 Å². The Kier molecular flexibility index (Phi) is 2.88. The van der Waals surface area contributed by atoms with Crippen molar-refractivity contribution in [2.75, 3.05) is 13.1 Å². The summed E-state index contributed by atoms with van der Waals surface area (Å²) in [6.45, 7) is 3.63. The highest BCUT2D eigenvalue weighted by Gasteiger charge is 2.24. The number of aromatic nitrogens is 2. The van der Waals surface area contributed by atoms with E-state index in [9.17, 15) is 4.21 Å². The van der Waals surface area contributed by atoms with E-state index in [4.69, 9.17) is 0 Å². The van der Waals surface area contributed by atoms with Crippen LogP contribution in [0.2, 0.25) is 0 Å². The lowest BCUT2D eigenvalue weighted by atomic mass is 10.4. The summed E-state index contributed by atoms with van der Waals surface area (Å²) in [7, 11) is -1.01. The molecular formula is C9H13N3OS. The highest BCUT2D eigenvalue weighted by molar-refractivity contribution is 7.85. The molecule has 0 amide bonds. The van der Waals surface area contributed by atoms with Crippen LogP contribution in [0.25, 0.3) is 0 Å². The minimum absolute atomic E-state index is 0.199. The molecule has 2 rings (SSSR count). The molecule has 14 heavy (non-hydrogen) atoms. The minimum atomic E-state index is -1.01. The molecule has 76 valence electrons. The van der Waals surface area contributed by atoms with Gasteiger partial charge in [-0.2, -0.15) is 0 Å². The van der Waals surface area contributed by atoms with Crippen molar-refractivity contribution in [3.05, 3.63) is 18.1 Å². The second kappa shape index (κ2) is 4.14. The summed E-state index contributed by atoms with van der Waals surface area (Å²) < 4.78 is 12.0. The van der Waals surface area contributed by atoms with Crippen LogP contribution in [-0.2, 0) is 10.8 Å². The van der Waals surface area contributed by atoms with Crippen LogP contribution < -0.4 is 5.32 Å². The van der Waals surface area contributed by atoms with Gasteiger partial charge in [0.25, 0.3) is 0 Å². The smallest absolute Gasteiger partial charge is 0.148 e. The summed E-state index contributed by atoms with van der Waals surface area (Å²) in [5.41, 5.74) is 0.776. The van der Waals surface area contributed by atoms with Crippen molar-refractivity contribution >= 4 is 10.8 Å². The number of nitrogens with one attached hydrogen (secondary N) is 1. The predicted molar refractivity (Wildman–Crippen MR) is 54.5 cm³/mol. The lowest BCUT2D eigenvalue weighted by molar-refractivity contribution is 0.667. The Morgan fingerprint density at radius 2 is 2.29 bits per heavy atom. The van der Waals surface area contributed by atoms with Gasteiger partial charge in [0, 0.05) is 18.9 Å². The molecule has 1 aromatic rings. The number of nitrogens with zero attached hydrogens (tertiary/aromatic N) is 2. The maximum Gasteiger partial charge on any atom is 0.148 e. The molecule has 1 unspecified atom stereocenters. The van der Waals surface area contributed by atoms with Crippen molar-refractivity contribution in [1.29, 1.82) is 0 Å². The normalized spacial score (nSPS) is 23.6. The number of hydrogen-bond acceptors (Lipinski definition) is 4. The van der Waals surface area contributed by atoms with Crippen LogP contribution in [0, 0.1) is 6.92 Å². The van der Waals surface area contributed by atoms with Gasteiger partial charge in [0.1, 0.15) is 5.03 Å². The summed E-state index contributed by atoms with van der Waals surface area (Å²) >= 11 is 0. The summed E-state index contributed by atoms with van der Waals surface area (Å²) in [6.07, 6.45) is 4.19. The third-order valence-corrected chi connectivity index (χ3v) is 4.13. The quantitative estimate of drug-likeness (QED) is 0.762. The molecule has 1 fully saturated rings. The van der Waals surface area contributed by atoms with E-state index in [-0.39, 0.29) is 5.25 Å². The van der Waals surface area contributed by atoms with Gasteiger partial charge in [-0.25, -0.2) is 4.98 Å². The van der Waals surface area contributed by atoms with Gasteiger partial charge in [-0.1, -0.05) is 0 Å². The highest BCUT2D eigenvalue weighted by atomic mass is 32.2. The molecule has 0 spiro atoms. The SMILES string of the molecule is Cc1nccnc1S(=O)[C@H]1CCNC1. The zero-order valence-corrected chi connectivity index (χ0v) is 8.88. The fraction of sp³-hybridized carbons (Fsp3) is 0.556. The lowest BCUT2D eigenvalue weighted by Crippen LogP contribution is -2.20. The molecule has 0 bridgehead atoms. The van der Waals surface area contributed by atoms with E-state index in [1.807, 2.05) is 6.92 Å². The average molecular weight is 211 g/mol. The Morgan fingerprint density at radius 3 is 2.93 bits per heavy atom. The molecule has 0 aromatic carbocycles. The molecule has 2 atom stereocenters. The molecule has 0 aliphatic carbocycles. The number of rotatable bonds is 2. The van der Waals surface area contributed by atoms with E-state index in [0.29, 0.717) is 5.03 Å². The van der Waals surface area contributed by atoms with Crippen molar-refractivity contribution < 1.29 is 4.21 Å². The van der Waals surface area contributed by atoms with Gasteiger partial charge in [0.15, 0.2) is 0 Å². The van der Waals surface area contributed by atoms with E-state index >= 15 is 0 Å². The second-order valence-electron chi connectivity index (χ2n) is 3.36. The van der Waals surface area contributed by atoms with Crippen molar-refractivity contribution in [1.82, 2.24) is 15.3 Å². The van der Waals surface area contributed by atoms with Gasteiger partial charge in [0.05, 0.1) is 21.7 Å². The van der Waals surface area contributed by atoms with Crippen LogP contribution in [0.5, 0.6) is 0 Å². The Hall–Kier alpha value is -0.810. The summed E-state index contributed by atoms with van der Waals surface area (Å²) in [6, 6.07) is 0. The highest BCUT2D eigenvalue weighted by Crippen LogP contribution is 2.15. The summed E-state index contributed by atoms with van der Waals surface area (Å²) in [5.74, 6) is 0. The largest absolute Gasteiger partial charge is 0.315 e. The monoisotopic (exact) mass is 211 g/mol. The molecule has 0 radical (unpaired) electrons. The Labute approximate surface area is 85.6 Å². The molecule has 1 aliphatic rings. The second-order valence-corrected chi connectivity index (χ2v) is 5.01. The third kappa shape index (κ3) is 1.83. The fourth-order valence-corrected chi connectivity index (χ4v) is 2.99. The first-order chi connectivity index (χ1) is 6.79. The van der Waals surface area contributed by atoms with Crippen molar-refractivity contribution in [3.8, 4) is 0 Å². The Morgan fingerprint density at radius 1 is 1.50 bits per heavy atom. The van der Waals surface area contributed by atoms with Gasteiger partial charge in [-0.15, -0.1) is 0 Å². The zero-order valence-electron chi connectivity index (χ0n) is 8.06. The van der Waals surface area contributed by atoms with Crippen LogP contribution in [0.1, 0.15) is 12.1 Å². The van der Waals surface area contributed by atoms with E-state index in [1.54, 1.807) is 12.4 Å². The molecule has 5 heteroatoms. The predicted octanol–water partition coefficient (Wildman–Crippen LogP) is 0.255. The molecule has 1 N–H and O–H groups in total. The van der Waals surface area contributed by atoms with Crippen molar-refractivity contribution in [3.63, 3.8) is 0 Å². The van der Waals surface area contributed by atoms with E-state index < -0.39 is 10.8 Å².